The predicted octanol–water partition coefficient (Wildman–Crippen LogP) is 1.77. The number of hydrogen-bond donors (Lipinski definition) is 1. The number of nitrogens with zero attached hydrogens (tertiary/aromatic N) is 1. The molecule has 0 aromatic heterocycles. The van der Waals surface area contributed by atoms with Crippen molar-refractivity contribution in [2.75, 3.05) is 27.3 Å². The second kappa shape index (κ2) is 7.01. The van der Waals surface area contributed by atoms with Crippen LogP contribution in [0.25, 0.3) is 0 Å². The minimum atomic E-state index is 0.640. The van der Waals surface area contributed by atoms with Crippen molar-refractivity contribution in [2.45, 2.75) is 38.1 Å². The fourth-order valence-electron chi connectivity index (χ4n) is 2.02. The summed E-state index contributed by atoms with van der Waals surface area (Å²) in [4.78, 5) is 2.21. The van der Waals surface area contributed by atoms with Crippen LogP contribution in [0.2, 0.25) is 0 Å². The molecule has 1 aliphatic carbocycles. The number of ether oxygens (including phenoxy) is 1. The number of thiocarbonyl (C=S) groups is 1. The largest absolute Gasteiger partial charge is 0.383 e. The lowest BCUT2D eigenvalue weighted by Gasteiger charge is -2.33. The first kappa shape index (κ1) is 12.7. The monoisotopic (exact) mass is 230 g/mol. The van der Waals surface area contributed by atoms with Crippen LogP contribution in [-0.2, 0) is 4.74 Å². The molecule has 0 aromatic rings. The highest BCUT2D eigenvalue weighted by molar-refractivity contribution is 7.80. The number of methoxy groups -OCH3 is 1. The van der Waals surface area contributed by atoms with Crippen LogP contribution >= 0.6 is 12.2 Å². The van der Waals surface area contributed by atoms with Gasteiger partial charge in [0.05, 0.1) is 6.61 Å². The molecule has 1 N–H and O–H groups in total. The molecule has 88 valence electrons. The van der Waals surface area contributed by atoms with Crippen LogP contribution < -0.4 is 5.32 Å². The Balaban J connectivity index is 2.24. The quantitative estimate of drug-likeness (QED) is 0.588. The minimum Gasteiger partial charge on any atom is -0.383 e. The van der Waals surface area contributed by atoms with Gasteiger partial charge >= 0.3 is 0 Å². The normalized spacial score (nSPS) is 17.5. The summed E-state index contributed by atoms with van der Waals surface area (Å²) in [6, 6.07) is 0.640. The van der Waals surface area contributed by atoms with Crippen LogP contribution in [0.1, 0.15) is 32.1 Å². The van der Waals surface area contributed by atoms with Crippen LogP contribution in [0.3, 0.4) is 0 Å². The summed E-state index contributed by atoms with van der Waals surface area (Å²) in [5, 5.41) is 4.07. The van der Waals surface area contributed by atoms with E-state index in [9.17, 15) is 0 Å². The molecule has 0 saturated heterocycles. The third-order valence-corrected chi connectivity index (χ3v) is 3.46. The number of hydrogen-bond acceptors (Lipinski definition) is 2. The first-order valence-corrected chi connectivity index (χ1v) is 6.16. The lowest BCUT2D eigenvalue weighted by Crippen LogP contribution is -2.45. The van der Waals surface area contributed by atoms with Crippen molar-refractivity contribution >= 4 is 17.3 Å². The van der Waals surface area contributed by atoms with Gasteiger partial charge in [-0.2, -0.15) is 0 Å². The van der Waals surface area contributed by atoms with Crippen LogP contribution in [0, 0.1) is 0 Å². The summed E-state index contributed by atoms with van der Waals surface area (Å²) in [5.41, 5.74) is 0. The summed E-state index contributed by atoms with van der Waals surface area (Å²) < 4.78 is 4.98. The van der Waals surface area contributed by atoms with Gasteiger partial charge in [0.15, 0.2) is 5.11 Å². The average molecular weight is 230 g/mol. The highest BCUT2D eigenvalue weighted by atomic mass is 32.1. The Hall–Kier alpha value is -0.350. The lowest BCUT2D eigenvalue weighted by molar-refractivity contribution is 0.201. The maximum Gasteiger partial charge on any atom is 0.169 e. The molecule has 0 atom stereocenters. The Bertz CT molecular complexity index is 193. The molecule has 0 aliphatic heterocycles. The van der Waals surface area contributed by atoms with Gasteiger partial charge in [-0.3, -0.25) is 0 Å². The molecule has 1 aliphatic rings. The third kappa shape index (κ3) is 4.34. The van der Waals surface area contributed by atoms with E-state index in [4.69, 9.17) is 17.0 Å². The van der Waals surface area contributed by atoms with E-state index in [0.29, 0.717) is 12.6 Å². The van der Waals surface area contributed by atoms with E-state index in [-0.39, 0.29) is 0 Å². The molecule has 0 aromatic carbocycles. The van der Waals surface area contributed by atoms with Gasteiger partial charge in [0.25, 0.3) is 0 Å². The van der Waals surface area contributed by atoms with Gasteiger partial charge in [-0.15, -0.1) is 0 Å². The fourth-order valence-corrected chi connectivity index (χ4v) is 2.27. The zero-order chi connectivity index (χ0) is 11.1. The van der Waals surface area contributed by atoms with Crippen molar-refractivity contribution in [1.29, 1.82) is 0 Å². The standard InChI is InChI=1S/C11H22N2OS/c1-13(10-6-4-3-5-7-10)11(15)12-8-9-14-2/h10H,3-9H2,1-2H3,(H,12,15). The molecule has 1 saturated carbocycles. The van der Waals surface area contributed by atoms with Crippen molar-refractivity contribution in [1.82, 2.24) is 10.2 Å². The minimum absolute atomic E-state index is 0.640. The first-order valence-electron chi connectivity index (χ1n) is 5.75. The predicted molar refractivity (Wildman–Crippen MR) is 67.1 cm³/mol. The molecule has 3 nitrogen and oxygen atoms in total. The van der Waals surface area contributed by atoms with Crippen LogP contribution in [0.4, 0.5) is 0 Å². The van der Waals surface area contributed by atoms with Crippen molar-refractivity contribution in [3.8, 4) is 0 Å². The summed E-state index contributed by atoms with van der Waals surface area (Å²) in [5.74, 6) is 0. The first-order chi connectivity index (χ1) is 7.25. The van der Waals surface area contributed by atoms with E-state index in [2.05, 4.69) is 17.3 Å². The van der Waals surface area contributed by atoms with Gasteiger partial charge in [-0.05, 0) is 25.1 Å². The van der Waals surface area contributed by atoms with Gasteiger partial charge in [-0.1, -0.05) is 19.3 Å². The topological polar surface area (TPSA) is 24.5 Å². The van der Waals surface area contributed by atoms with E-state index in [0.717, 1.165) is 11.7 Å². The molecule has 15 heavy (non-hydrogen) atoms. The number of rotatable bonds is 4. The van der Waals surface area contributed by atoms with Crippen LogP contribution in [0.15, 0.2) is 0 Å². The fraction of sp³-hybridized carbons (Fsp3) is 0.909. The third-order valence-electron chi connectivity index (χ3n) is 3.03. The Kier molecular flexibility index (Phi) is 5.95. The van der Waals surface area contributed by atoms with Gasteiger partial charge in [0.2, 0.25) is 0 Å². The molecule has 1 fully saturated rings. The summed E-state index contributed by atoms with van der Waals surface area (Å²) in [7, 11) is 3.80. The molecule has 4 heteroatoms. The number of nitrogens with one attached hydrogen (secondary N) is 1. The second-order valence-corrected chi connectivity index (χ2v) is 4.51. The van der Waals surface area contributed by atoms with Crippen molar-refractivity contribution in [3.63, 3.8) is 0 Å². The molecule has 1 rings (SSSR count). The molecule has 0 amide bonds. The second-order valence-electron chi connectivity index (χ2n) is 4.13. The molecular weight excluding hydrogens is 208 g/mol. The lowest BCUT2D eigenvalue weighted by atomic mass is 9.95. The average Bonchev–Trinajstić information content (AvgIpc) is 2.29. The highest BCUT2D eigenvalue weighted by Gasteiger charge is 2.19. The summed E-state index contributed by atoms with van der Waals surface area (Å²) >= 11 is 5.33. The van der Waals surface area contributed by atoms with E-state index in [1.165, 1.54) is 32.1 Å². The van der Waals surface area contributed by atoms with E-state index in [1.807, 2.05) is 0 Å². The van der Waals surface area contributed by atoms with Gasteiger partial charge < -0.3 is 15.0 Å². The van der Waals surface area contributed by atoms with Crippen molar-refractivity contribution < 1.29 is 4.74 Å². The Morgan fingerprint density at radius 1 is 1.40 bits per heavy atom. The Morgan fingerprint density at radius 2 is 2.07 bits per heavy atom. The Labute approximate surface area is 98.2 Å². The van der Waals surface area contributed by atoms with E-state index < -0.39 is 0 Å². The molecule has 0 unspecified atom stereocenters. The molecular formula is C11H22N2OS. The van der Waals surface area contributed by atoms with Gasteiger partial charge in [0.1, 0.15) is 0 Å². The summed E-state index contributed by atoms with van der Waals surface area (Å²) in [6.45, 7) is 1.50. The van der Waals surface area contributed by atoms with E-state index in [1.54, 1.807) is 7.11 Å². The highest BCUT2D eigenvalue weighted by Crippen LogP contribution is 2.21. The van der Waals surface area contributed by atoms with E-state index >= 15 is 0 Å². The van der Waals surface area contributed by atoms with Crippen molar-refractivity contribution in [2.24, 2.45) is 0 Å². The van der Waals surface area contributed by atoms with Gasteiger partial charge in [-0.25, -0.2) is 0 Å². The summed E-state index contributed by atoms with van der Waals surface area (Å²) in [6.07, 6.45) is 6.63. The van der Waals surface area contributed by atoms with Gasteiger partial charge in [0, 0.05) is 26.7 Å². The maximum atomic E-state index is 5.33. The molecule has 0 heterocycles. The van der Waals surface area contributed by atoms with Crippen LogP contribution in [-0.4, -0.2) is 43.4 Å². The SMILES string of the molecule is COCCNC(=S)N(C)C1CCCCC1. The molecule has 0 spiro atoms. The zero-order valence-electron chi connectivity index (χ0n) is 9.79. The van der Waals surface area contributed by atoms with Crippen LogP contribution in [0.5, 0.6) is 0 Å². The molecule has 0 bridgehead atoms. The van der Waals surface area contributed by atoms with Crippen molar-refractivity contribution in [3.05, 3.63) is 0 Å². The maximum absolute atomic E-state index is 5.33. The smallest absolute Gasteiger partial charge is 0.169 e. The zero-order valence-corrected chi connectivity index (χ0v) is 10.6. The Morgan fingerprint density at radius 3 is 2.67 bits per heavy atom. The molecule has 0 radical (unpaired) electrons.